The summed E-state index contributed by atoms with van der Waals surface area (Å²) in [5.41, 5.74) is 7.74. The highest BCUT2D eigenvalue weighted by molar-refractivity contribution is 6.36. The molecule has 0 aliphatic carbocycles. The van der Waals surface area contributed by atoms with E-state index in [-0.39, 0.29) is 11.7 Å². The van der Waals surface area contributed by atoms with Crippen molar-refractivity contribution in [1.82, 2.24) is 4.98 Å². The van der Waals surface area contributed by atoms with Gasteiger partial charge in [0.25, 0.3) is 0 Å². The van der Waals surface area contributed by atoms with Crippen molar-refractivity contribution in [3.8, 4) is 0 Å². The third-order valence-corrected chi connectivity index (χ3v) is 3.73. The summed E-state index contributed by atoms with van der Waals surface area (Å²) < 4.78 is 13.4. The quantitative estimate of drug-likeness (QED) is 0.660. The number of nitrogens with one attached hydrogen (secondary N) is 1. The SMILES string of the molecule is N=C(N)c1ccnc(N2CCc3ccc(F)cc32)c1Cl. The number of rotatable bonds is 2. The number of fused-ring (bicyclic) bond motifs is 1. The van der Waals surface area contributed by atoms with Crippen molar-refractivity contribution < 1.29 is 4.39 Å². The van der Waals surface area contributed by atoms with Crippen LogP contribution in [0.4, 0.5) is 15.9 Å². The Morgan fingerprint density at radius 2 is 2.20 bits per heavy atom. The molecule has 1 aromatic heterocycles. The van der Waals surface area contributed by atoms with Gasteiger partial charge in [-0.05, 0) is 30.2 Å². The van der Waals surface area contributed by atoms with Crippen LogP contribution in [0.3, 0.4) is 0 Å². The molecule has 1 aliphatic heterocycles. The van der Waals surface area contributed by atoms with Crippen LogP contribution in [0.5, 0.6) is 0 Å². The Balaban J connectivity index is 2.11. The fraction of sp³-hybridized carbons (Fsp3) is 0.143. The Labute approximate surface area is 120 Å². The molecule has 102 valence electrons. The first-order valence-electron chi connectivity index (χ1n) is 6.13. The lowest BCUT2D eigenvalue weighted by molar-refractivity contribution is 0.628. The Morgan fingerprint density at radius 3 is 2.95 bits per heavy atom. The van der Waals surface area contributed by atoms with Crippen molar-refractivity contribution >= 4 is 28.9 Å². The van der Waals surface area contributed by atoms with E-state index in [1.165, 1.54) is 12.1 Å². The molecule has 0 spiro atoms. The highest BCUT2D eigenvalue weighted by Gasteiger charge is 2.25. The van der Waals surface area contributed by atoms with Gasteiger partial charge in [0.05, 0.1) is 5.02 Å². The van der Waals surface area contributed by atoms with E-state index in [9.17, 15) is 4.39 Å². The minimum absolute atomic E-state index is 0.114. The lowest BCUT2D eigenvalue weighted by Crippen LogP contribution is -2.18. The Hall–Kier alpha value is -2.14. The smallest absolute Gasteiger partial charge is 0.152 e. The lowest BCUT2D eigenvalue weighted by atomic mass is 10.1. The standard InChI is InChI=1S/C14H12ClFN4/c15-12-10(13(17)18)3-5-19-14(12)20-6-4-8-1-2-9(16)7-11(8)20/h1-3,5,7H,4,6H2,(H3,17,18). The summed E-state index contributed by atoms with van der Waals surface area (Å²) in [5.74, 6) is 0.0931. The van der Waals surface area contributed by atoms with Crippen LogP contribution in [0, 0.1) is 11.2 Å². The number of hydrogen-bond acceptors (Lipinski definition) is 3. The zero-order chi connectivity index (χ0) is 14.3. The van der Waals surface area contributed by atoms with Crippen molar-refractivity contribution in [2.75, 3.05) is 11.4 Å². The van der Waals surface area contributed by atoms with Gasteiger partial charge in [-0.3, -0.25) is 5.41 Å². The van der Waals surface area contributed by atoms with E-state index in [0.29, 0.717) is 22.9 Å². The number of amidine groups is 1. The van der Waals surface area contributed by atoms with Gasteiger partial charge in [0, 0.05) is 24.0 Å². The molecule has 3 rings (SSSR count). The van der Waals surface area contributed by atoms with E-state index in [2.05, 4.69) is 4.98 Å². The average Bonchev–Trinajstić information content (AvgIpc) is 2.81. The second kappa shape index (κ2) is 4.76. The highest BCUT2D eigenvalue weighted by atomic mass is 35.5. The fourth-order valence-electron chi connectivity index (χ4n) is 2.40. The van der Waals surface area contributed by atoms with Gasteiger partial charge in [-0.25, -0.2) is 9.37 Å². The summed E-state index contributed by atoms with van der Waals surface area (Å²) in [5, 5.41) is 7.83. The molecule has 4 nitrogen and oxygen atoms in total. The number of nitrogens with two attached hydrogens (primary N) is 1. The van der Waals surface area contributed by atoms with Gasteiger partial charge < -0.3 is 10.6 Å². The van der Waals surface area contributed by atoms with E-state index < -0.39 is 0 Å². The van der Waals surface area contributed by atoms with Crippen molar-refractivity contribution in [2.45, 2.75) is 6.42 Å². The average molecular weight is 291 g/mol. The van der Waals surface area contributed by atoms with Gasteiger partial charge in [-0.15, -0.1) is 0 Å². The first-order chi connectivity index (χ1) is 9.58. The predicted octanol–water partition coefficient (Wildman–Crippen LogP) is 2.85. The maximum atomic E-state index is 13.4. The number of hydrogen-bond donors (Lipinski definition) is 2. The number of halogens is 2. The molecule has 2 heterocycles. The van der Waals surface area contributed by atoms with Crippen LogP contribution in [0.15, 0.2) is 30.5 Å². The van der Waals surface area contributed by atoms with Crippen LogP contribution in [-0.2, 0) is 6.42 Å². The fourth-order valence-corrected chi connectivity index (χ4v) is 2.72. The van der Waals surface area contributed by atoms with Gasteiger partial charge >= 0.3 is 0 Å². The van der Waals surface area contributed by atoms with Crippen LogP contribution in [0.2, 0.25) is 5.02 Å². The Bertz CT molecular complexity index is 702. The highest BCUT2D eigenvalue weighted by Crippen LogP contribution is 2.38. The van der Waals surface area contributed by atoms with E-state index in [1.807, 2.05) is 4.90 Å². The van der Waals surface area contributed by atoms with E-state index >= 15 is 0 Å². The summed E-state index contributed by atoms with van der Waals surface area (Å²) in [4.78, 5) is 6.11. The Morgan fingerprint density at radius 1 is 1.40 bits per heavy atom. The molecule has 1 aromatic carbocycles. The third-order valence-electron chi connectivity index (χ3n) is 3.36. The molecule has 0 saturated carbocycles. The first kappa shape index (κ1) is 12.9. The molecule has 0 bridgehead atoms. The second-order valence-corrected chi connectivity index (χ2v) is 4.96. The first-order valence-corrected chi connectivity index (χ1v) is 6.50. The maximum Gasteiger partial charge on any atom is 0.152 e. The topological polar surface area (TPSA) is 66.0 Å². The summed E-state index contributed by atoms with van der Waals surface area (Å²) >= 11 is 6.27. The normalized spacial score (nSPS) is 13.4. The number of nitrogen functional groups attached to an aromatic ring is 1. The number of anilines is 2. The molecule has 2 aromatic rings. The molecule has 0 atom stereocenters. The van der Waals surface area contributed by atoms with Gasteiger partial charge in [0.1, 0.15) is 11.7 Å². The van der Waals surface area contributed by atoms with Crippen LogP contribution in [-0.4, -0.2) is 17.4 Å². The van der Waals surface area contributed by atoms with Gasteiger partial charge in [-0.2, -0.15) is 0 Å². The van der Waals surface area contributed by atoms with Crippen LogP contribution in [0.1, 0.15) is 11.1 Å². The number of aromatic nitrogens is 1. The van der Waals surface area contributed by atoms with Crippen LogP contribution in [0.25, 0.3) is 0 Å². The predicted molar refractivity (Wildman–Crippen MR) is 77.4 cm³/mol. The summed E-state index contributed by atoms with van der Waals surface area (Å²) in [6, 6.07) is 6.29. The molecule has 0 amide bonds. The minimum Gasteiger partial charge on any atom is -0.384 e. The van der Waals surface area contributed by atoms with Crippen molar-refractivity contribution in [2.24, 2.45) is 5.73 Å². The summed E-state index contributed by atoms with van der Waals surface area (Å²) in [7, 11) is 0. The number of nitrogens with zero attached hydrogens (tertiary/aromatic N) is 2. The van der Waals surface area contributed by atoms with Gasteiger partial charge in [-0.1, -0.05) is 17.7 Å². The van der Waals surface area contributed by atoms with E-state index in [0.717, 1.165) is 17.7 Å². The van der Waals surface area contributed by atoms with Crippen molar-refractivity contribution in [3.05, 3.63) is 52.4 Å². The van der Waals surface area contributed by atoms with Crippen molar-refractivity contribution in [3.63, 3.8) is 0 Å². The molecule has 6 heteroatoms. The molecule has 0 radical (unpaired) electrons. The number of benzene rings is 1. The zero-order valence-corrected chi connectivity index (χ0v) is 11.3. The summed E-state index contributed by atoms with van der Waals surface area (Å²) in [6.07, 6.45) is 2.35. The monoisotopic (exact) mass is 290 g/mol. The maximum absolute atomic E-state index is 13.4. The van der Waals surface area contributed by atoms with E-state index in [4.69, 9.17) is 22.7 Å². The molecule has 0 saturated heterocycles. The van der Waals surface area contributed by atoms with Crippen LogP contribution >= 0.6 is 11.6 Å². The molecule has 0 fully saturated rings. The zero-order valence-electron chi connectivity index (χ0n) is 10.5. The molecule has 3 N–H and O–H groups in total. The van der Waals surface area contributed by atoms with Gasteiger partial charge in [0.2, 0.25) is 0 Å². The molecular formula is C14H12ClFN4. The largest absolute Gasteiger partial charge is 0.384 e. The molecule has 1 aliphatic rings. The minimum atomic E-state index is -0.297. The second-order valence-electron chi connectivity index (χ2n) is 4.58. The number of pyridine rings is 1. The van der Waals surface area contributed by atoms with Crippen molar-refractivity contribution in [1.29, 1.82) is 5.41 Å². The molecule has 20 heavy (non-hydrogen) atoms. The summed E-state index contributed by atoms with van der Waals surface area (Å²) in [6.45, 7) is 0.673. The van der Waals surface area contributed by atoms with Crippen LogP contribution < -0.4 is 10.6 Å². The lowest BCUT2D eigenvalue weighted by Gasteiger charge is -2.20. The Kier molecular flexibility index (Phi) is 3.06. The molecular weight excluding hydrogens is 279 g/mol. The van der Waals surface area contributed by atoms with E-state index in [1.54, 1.807) is 18.3 Å². The third kappa shape index (κ3) is 2.00. The molecule has 0 unspecified atom stereocenters. The van der Waals surface area contributed by atoms with Gasteiger partial charge in [0.15, 0.2) is 5.82 Å².